The van der Waals surface area contributed by atoms with Crippen molar-refractivity contribution in [2.75, 3.05) is 12.4 Å². The van der Waals surface area contributed by atoms with Crippen molar-refractivity contribution < 1.29 is 9.53 Å². The molecular weight excluding hydrogens is 284 g/mol. The van der Waals surface area contributed by atoms with Crippen LogP contribution < -0.4 is 5.32 Å². The van der Waals surface area contributed by atoms with Crippen LogP contribution in [0.4, 0.5) is 10.8 Å². The highest BCUT2D eigenvalue weighted by Gasteiger charge is 2.08. The first kappa shape index (κ1) is 13.8. The van der Waals surface area contributed by atoms with Crippen molar-refractivity contribution in [1.82, 2.24) is 4.98 Å². The standard InChI is InChI=1S/C13H13ClN2O2S/c1-8-3-4-11(10(14)5-8)16-13-15-9(7-19-13)6-12(17)18-2/h3-5,7H,6H2,1-2H3,(H,15,16). The van der Waals surface area contributed by atoms with Crippen molar-refractivity contribution in [3.8, 4) is 0 Å². The molecular formula is C13H13ClN2O2S. The van der Waals surface area contributed by atoms with Gasteiger partial charge in [0.15, 0.2) is 5.13 Å². The Bertz CT molecular complexity index is 598. The van der Waals surface area contributed by atoms with E-state index in [0.717, 1.165) is 11.3 Å². The highest BCUT2D eigenvalue weighted by atomic mass is 35.5. The monoisotopic (exact) mass is 296 g/mol. The molecule has 0 amide bonds. The lowest BCUT2D eigenvalue weighted by Crippen LogP contribution is -2.04. The van der Waals surface area contributed by atoms with E-state index in [4.69, 9.17) is 11.6 Å². The summed E-state index contributed by atoms with van der Waals surface area (Å²) in [5.41, 5.74) is 2.58. The normalized spacial score (nSPS) is 10.3. The van der Waals surface area contributed by atoms with Crippen LogP contribution in [-0.4, -0.2) is 18.1 Å². The van der Waals surface area contributed by atoms with Crippen LogP contribution in [0.5, 0.6) is 0 Å². The second-order valence-electron chi connectivity index (χ2n) is 4.01. The molecule has 2 aromatic rings. The van der Waals surface area contributed by atoms with Gasteiger partial charge < -0.3 is 10.1 Å². The van der Waals surface area contributed by atoms with Crippen molar-refractivity contribution in [3.05, 3.63) is 39.9 Å². The molecule has 6 heteroatoms. The molecule has 0 aliphatic heterocycles. The minimum absolute atomic E-state index is 0.177. The highest BCUT2D eigenvalue weighted by molar-refractivity contribution is 7.13. The number of hydrogen-bond donors (Lipinski definition) is 1. The van der Waals surface area contributed by atoms with Crippen molar-refractivity contribution in [2.24, 2.45) is 0 Å². The zero-order chi connectivity index (χ0) is 13.8. The number of ether oxygens (including phenoxy) is 1. The van der Waals surface area contributed by atoms with Crippen molar-refractivity contribution >= 4 is 39.7 Å². The lowest BCUT2D eigenvalue weighted by molar-refractivity contribution is -0.139. The average molecular weight is 297 g/mol. The molecule has 0 bridgehead atoms. The van der Waals surface area contributed by atoms with Gasteiger partial charge in [0.05, 0.1) is 29.9 Å². The molecule has 0 spiro atoms. The van der Waals surface area contributed by atoms with Crippen LogP contribution in [0.25, 0.3) is 0 Å². The number of halogens is 1. The van der Waals surface area contributed by atoms with Crippen LogP contribution in [0.3, 0.4) is 0 Å². The van der Waals surface area contributed by atoms with Crippen molar-refractivity contribution in [2.45, 2.75) is 13.3 Å². The van der Waals surface area contributed by atoms with Gasteiger partial charge in [-0.2, -0.15) is 0 Å². The van der Waals surface area contributed by atoms with E-state index in [1.165, 1.54) is 18.4 Å². The molecule has 4 nitrogen and oxygen atoms in total. The van der Waals surface area contributed by atoms with Gasteiger partial charge in [-0.25, -0.2) is 4.98 Å². The lowest BCUT2D eigenvalue weighted by atomic mass is 10.2. The van der Waals surface area contributed by atoms with Crippen LogP contribution in [0.15, 0.2) is 23.6 Å². The molecule has 100 valence electrons. The molecule has 0 saturated carbocycles. The number of hydrogen-bond acceptors (Lipinski definition) is 5. The zero-order valence-corrected chi connectivity index (χ0v) is 12.1. The van der Waals surface area contributed by atoms with Crippen LogP contribution in [0.2, 0.25) is 5.02 Å². The fourth-order valence-corrected chi connectivity index (χ4v) is 2.51. The summed E-state index contributed by atoms with van der Waals surface area (Å²) in [5, 5.41) is 6.30. The first-order chi connectivity index (χ1) is 9.08. The first-order valence-electron chi connectivity index (χ1n) is 5.63. The zero-order valence-electron chi connectivity index (χ0n) is 10.6. The van der Waals surface area contributed by atoms with E-state index >= 15 is 0 Å². The number of carbonyl (C=O) groups is 1. The molecule has 19 heavy (non-hydrogen) atoms. The van der Waals surface area contributed by atoms with E-state index < -0.39 is 0 Å². The number of aryl methyl sites for hydroxylation is 1. The number of methoxy groups -OCH3 is 1. The van der Waals surface area contributed by atoms with E-state index in [0.29, 0.717) is 15.8 Å². The molecule has 1 aromatic heterocycles. The second kappa shape index (κ2) is 6.04. The average Bonchev–Trinajstić information content (AvgIpc) is 2.80. The molecule has 0 radical (unpaired) electrons. The first-order valence-corrected chi connectivity index (χ1v) is 6.88. The van der Waals surface area contributed by atoms with Gasteiger partial charge in [-0.3, -0.25) is 4.79 Å². The maximum absolute atomic E-state index is 11.1. The SMILES string of the molecule is COC(=O)Cc1csc(Nc2ccc(C)cc2Cl)n1. The Hall–Kier alpha value is -1.59. The quantitative estimate of drug-likeness (QED) is 0.877. The van der Waals surface area contributed by atoms with E-state index in [1.807, 2.05) is 30.5 Å². The van der Waals surface area contributed by atoms with E-state index in [9.17, 15) is 4.79 Å². The molecule has 0 unspecified atom stereocenters. The number of nitrogens with zero attached hydrogens (tertiary/aromatic N) is 1. The molecule has 1 aromatic carbocycles. The Balaban J connectivity index is 2.09. The molecule has 0 aliphatic carbocycles. The van der Waals surface area contributed by atoms with Gasteiger partial charge in [-0.15, -0.1) is 11.3 Å². The fraction of sp³-hybridized carbons (Fsp3) is 0.231. The van der Waals surface area contributed by atoms with Gasteiger partial charge in [-0.05, 0) is 24.6 Å². The predicted octanol–water partition coefficient (Wildman–Crippen LogP) is 3.56. The Morgan fingerprint density at radius 3 is 3.00 bits per heavy atom. The maximum Gasteiger partial charge on any atom is 0.311 e. The fourth-order valence-electron chi connectivity index (χ4n) is 1.50. The van der Waals surface area contributed by atoms with Crippen LogP contribution in [0.1, 0.15) is 11.3 Å². The summed E-state index contributed by atoms with van der Waals surface area (Å²) in [5.74, 6) is -0.301. The number of carbonyl (C=O) groups excluding carboxylic acids is 1. The van der Waals surface area contributed by atoms with Crippen LogP contribution in [0, 0.1) is 6.92 Å². The van der Waals surface area contributed by atoms with Crippen LogP contribution in [-0.2, 0) is 16.0 Å². The number of benzene rings is 1. The van der Waals surface area contributed by atoms with Gasteiger partial charge in [-0.1, -0.05) is 17.7 Å². The summed E-state index contributed by atoms with van der Waals surface area (Å²) in [4.78, 5) is 15.4. The summed E-state index contributed by atoms with van der Waals surface area (Å²) >= 11 is 7.55. The number of rotatable bonds is 4. The smallest absolute Gasteiger partial charge is 0.311 e. The maximum atomic E-state index is 11.1. The molecule has 1 heterocycles. The van der Waals surface area contributed by atoms with Gasteiger partial charge >= 0.3 is 5.97 Å². The number of nitrogens with one attached hydrogen (secondary N) is 1. The summed E-state index contributed by atoms with van der Waals surface area (Å²) in [7, 11) is 1.36. The van der Waals surface area contributed by atoms with Gasteiger partial charge in [0.2, 0.25) is 0 Å². The Labute approximate surface area is 120 Å². The Morgan fingerprint density at radius 2 is 2.32 bits per heavy atom. The van der Waals surface area contributed by atoms with Crippen LogP contribution >= 0.6 is 22.9 Å². The predicted molar refractivity (Wildman–Crippen MR) is 77.3 cm³/mol. The number of esters is 1. The molecule has 2 rings (SSSR count). The summed E-state index contributed by atoms with van der Waals surface area (Å²) < 4.78 is 4.60. The number of thiazole rings is 1. The Kier molecular flexibility index (Phi) is 4.39. The number of aromatic nitrogens is 1. The van der Waals surface area contributed by atoms with Crippen molar-refractivity contribution in [1.29, 1.82) is 0 Å². The second-order valence-corrected chi connectivity index (χ2v) is 5.27. The third-order valence-electron chi connectivity index (χ3n) is 2.47. The minimum Gasteiger partial charge on any atom is -0.469 e. The van der Waals surface area contributed by atoms with Gasteiger partial charge in [0, 0.05) is 5.38 Å². The van der Waals surface area contributed by atoms with E-state index in [-0.39, 0.29) is 12.4 Å². The molecule has 0 aliphatic rings. The topological polar surface area (TPSA) is 51.2 Å². The minimum atomic E-state index is -0.301. The molecule has 1 N–H and O–H groups in total. The molecule has 0 atom stereocenters. The molecule has 0 fully saturated rings. The Morgan fingerprint density at radius 1 is 1.53 bits per heavy atom. The van der Waals surface area contributed by atoms with Gasteiger partial charge in [0.25, 0.3) is 0 Å². The summed E-state index contributed by atoms with van der Waals surface area (Å²) in [6.45, 7) is 1.98. The largest absolute Gasteiger partial charge is 0.469 e. The van der Waals surface area contributed by atoms with Crippen molar-refractivity contribution in [3.63, 3.8) is 0 Å². The van der Waals surface area contributed by atoms with E-state index in [2.05, 4.69) is 15.0 Å². The number of anilines is 2. The molecule has 0 saturated heterocycles. The highest BCUT2D eigenvalue weighted by Crippen LogP contribution is 2.28. The third kappa shape index (κ3) is 3.68. The van der Waals surface area contributed by atoms with Gasteiger partial charge in [0.1, 0.15) is 0 Å². The summed E-state index contributed by atoms with van der Waals surface area (Å²) in [6.07, 6.45) is 0.177. The van der Waals surface area contributed by atoms with E-state index in [1.54, 1.807) is 0 Å². The summed E-state index contributed by atoms with van der Waals surface area (Å²) in [6, 6.07) is 5.75. The lowest BCUT2D eigenvalue weighted by Gasteiger charge is -2.05. The third-order valence-corrected chi connectivity index (χ3v) is 3.59.